The lowest BCUT2D eigenvalue weighted by atomic mass is 9.96. The average Bonchev–Trinajstić information content (AvgIpc) is 2.41. The molecule has 0 aliphatic heterocycles. The Morgan fingerprint density at radius 3 is 2.63 bits per heavy atom. The van der Waals surface area contributed by atoms with E-state index in [4.69, 9.17) is 0 Å². The minimum atomic E-state index is -0.388. The van der Waals surface area contributed by atoms with Gasteiger partial charge in [0, 0.05) is 17.9 Å². The minimum Gasteiger partial charge on any atom is -0.464 e. The monoisotopic (exact) mass is 262 g/mol. The van der Waals surface area contributed by atoms with Gasteiger partial charge in [-0.15, -0.1) is 0 Å². The van der Waals surface area contributed by atoms with Crippen LogP contribution in [0, 0.1) is 0 Å². The summed E-state index contributed by atoms with van der Waals surface area (Å²) in [6.07, 6.45) is 10.7. The summed E-state index contributed by atoms with van der Waals surface area (Å²) in [6, 6.07) is 4.18. The van der Waals surface area contributed by atoms with E-state index in [-0.39, 0.29) is 5.97 Å². The van der Waals surface area contributed by atoms with Gasteiger partial charge in [0.25, 0.3) is 0 Å². The van der Waals surface area contributed by atoms with E-state index in [0.717, 1.165) is 5.69 Å². The van der Waals surface area contributed by atoms with Gasteiger partial charge in [0.15, 0.2) is 0 Å². The number of methoxy groups -OCH3 is 1. The van der Waals surface area contributed by atoms with Crippen LogP contribution in [-0.4, -0.2) is 24.1 Å². The summed E-state index contributed by atoms with van der Waals surface area (Å²) in [7, 11) is 1.37. The predicted octanol–water partition coefficient (Wildman–Crippen LogP) is 3.39. The Hall–Kier alpha value is -1.58. The Labute approximate surface area is 114 Å². The van der Waals surface area contributed by atoms with Crippen molar-refractivity contribution in [2.24, 2.45) is 0 Å². The summed E-state index contributed by atoms with van der Waals surface area (Å²) in [4.78, 5) is 15.5. The molecule has 1 aromatic heterocycles. The molecule has 1 aromatic rings. The summed E-state index contributed by atoms with van der Waals surface area (Å²) in [5.41, 5.74) is 1.32. The maximum Gasteiger partial charge on any atom is 0.356 e. The van der Waals surface area contributed by atoms with Crippen molar-refractivity contribution in [2.45, 2.75) is 51.0 Å². The molecule has 0 aromatic carbocycles. The zero-order valence-corrected chi connectivity index (χ0v) is 11.5. The van der Waals surface area contributed by atoms with Crippen LogP contribution in [0.2, 0.25) is 0 Å². The lowest BCUT2D eigenvalue weighted by Gasteiger charge is -2.22. The molecule has 0 saturated heterocycles. The van der Waals surface area contributed by atoms with E-state index >= 15 is 0 Å². The van der Waals surface area contributed by atoms with E-state index < -0.39 is 0 Å². The highest BCUT2D eigenvalue weighted by molar-refractivity contribution is 5.88. The molecule has 0 amide bonds. The fraction of sp³-hybridized carbons (Fsp3) is 0.600. The smallest absolute Gasteiger partial charge is 0.356 e. The van der Waals surface area contributed by atoms with E-state index in [9.17, 15) is 4.79 Å². The highest BCUT2D eigenvalue weighted by atomic mass is 16.5. The molecule has 1 aliphatic carbocycles. The van der Waals surface area contributed by atoms with Crippen LogP contribution in [0.1, 0.15) is 55.4 Å². The van der Waals surface area contributed by atoms with Gasteiger partial charge >= 0.3 is 5.97 Å². The number of carbonyl (C=O) groups excluding carboxylic acids is 1. The van der Waals surface area contributed by atoms with Gasteiger partial charge in [-0.2, -0.15) is 0 Å². The van der Waals surface area contributed by atoms with E-state index in [1.165, 1.54) is 52.1 Å². The van der Waals surface area contributed by atoms with Gasteiger partial charge < -0.3 is 10.1 Å². The van der Waals surface area contributed by atoms with Gasteiger partial charge in [-0.1, -0.05) is 32.1 Å². The molecular weight excluding hydrogens is 240 g/mol. The molecule has 1 fully saturated rings. The minimum absolute atomic E-state index is 0.360. The number of ether oxygens (including phenoxy) is 1. The maximum atomic E-state index is 11.4. The van der Waals surface area contributed by atoms with Crippen LogP contribution in [-0.2, 0) is 4.74 Å². The lowest BCUT2D eigenvalue weighted by molar-refractivity contribution is 0.0594. The second-order valence-electron chi connectivity index (χ2n) is 5.11. The molecule has 4 nitrogen and oxygen atoms in total. The van der Waals surface area contributed by atoms with E-state index in [0.29, 0.717) is 11.7 Å². The first kappa shape index (κ1) is 13.8. The lowest BCUT2D eigenvalue weighted by Crippen LogP contribution is -2.20. The van der Waals surface area contributed by atoms with E-state index in [2.05, 4.69) is 15.0 Å². The number of anilines is 1. The first-order valence-corrected chi connectivity index (χ1v) is 7.10. The normalized spacial score (nSPS) is 17.3. The second-order valence-corrected chi connectivity index (χ2v) is 5.11. The number of pyridine rings is 1. The van der Waals surface area contributed by atoms with Crippen LogP contribution >= 0.6 is 0 Å². The van der Waals surface area contributed by atoms with Crippen molar-refractivity contribution < 1.29 is 9.53 Å². The number of carbonyl (C=O) groups is 1. The third-order valence-corrected chi connectivity index (χ3v) is 3.63. The Morgan fingerprint density at radius 1 is 1.26 bits per heavy atom. The Bertz CT molecular complexity index is 412. The van der Waals surface area contributed by atoms with Crippen LogP contribution in [0.15, 0.2) is 18.3 Å². The molecular formula is C15H22N2O2. The van der Waals surface area contributed by atoms with Crippen LogP contribution in [0.25, 0.3) is 0 Å². The van der Waals surface area contributed by atoms with Crippen molar-refractivity contribution in [3.63, 3.8) is 0 Å². The second kappa shape index (κ2) is 7.12. The number of nitrogens with one attached hydrogen (secondary N) is 1. The SMILES string of the molecule is COC(=O)c1cc(NC2CCCCCCC2)ccn1. The largest absolute Gasteiger partial charge is 0.464 e. The maximum absolute atomic E-state index is 11.4. The number of hydrogen-bond donors (Lipinski definition) is 1. The molecule has 0 spiro atoms. The highest BCUT2D eigenvalue weighted by Crippen LogP contribution is 2.21. The fourth-order valence-corrected chi connectivity index (χ4v) is 2.57. The molecule has 1 N–H and O–H groups in total. The standard InChI is InChI=1S/C15H22N2O2/c1-19-15(18)14-11-13(9-10-16-14)17-12-7-5-3-2-4-6-8-12/h9-12H,2-8H2,1H3,(H,16,17). The molecule has 0 bridgehead atoms. The first-order valence-electron chi connectivity index (χ1n) is 7.10. The summed E-state index contributed by atoms with van der Waals surface area (Å²) in [5, 5.41) is 3.52. The molecule has 1 aliphatic rings. The van der Waals surface area contributed by atoms with Crippen molar-refractivity contribution in [2.75, 3.05) is 12.4 Å². The number of rotatable bonds is 3. The molecule has 104 valence electrons. The molecule has 19 heavy (non-hydrogen) atoms. The topological polar surface area (TPSA) is 51.2 Å². The van der Waals surface area contributed by atoms with Crippen molar-refractivity contribution in [3.05, 3.63) is 24.0 Å². The Balaban J connectivity index is 1.99. The number of nitrogens with zero attached hydrogens (tertiary/aromatic N) is 1. The number of hydrogen-bond acceptors (Lipinski definition) is 4. The third kappa shape index (κ3) is 4.23. The average molecular weight is 262 g/mol. The molecule has 0 radical (unpaired) electrons. The first-order chi connectivity index (χ1) is 9.29. The van der Waals surface area contributed by atoms with Gasteiger partial charge in [0.2, 0.25) is 0 Å². The summed E-state index contributed by atoms with van der Waals surface area (Å²) in [6.45, 7) is 0. The summed E-state index contributed by atoms with van der Waals surface area (Å²) in [5.74, 6) is -0.388. The van der Waals surface area contributed by atoms with Crippen molar-refractivity contribution >= 4 is 11.7 Å². The van der Waals surface area contributed by atoms with Gasteiger partial charge in [-0.05, 0) is 25.0 Å². The molecule has 0 atom stereocenters. The molecule has 1 heterocycles. The zero-order valence-electron chi connectivity index (χ0n) is 11.5. The molecule has 4 heteroatoms. The van der Waals surface area contributed by atoms with E-state index in [1.54, 1.807) is 12.3 Å². The van der Waals surface area contributed by atoms with Gasteiger partial charge in [0.05, 0.1) is 7.11 Å². The van der Waals surface area contributed by atoms with Crippen LogP contribution in [0.4, 0.5) is 5.69 Å². The predicted molar refractivity (Wildman–Crippen MR) is 75.3 cm³/mol. The zero-order chi connectivity index (χ0) is 13.5. The van der Waals surface area contributed by atoms with Crippen molar-refractivity contribution in [3.8, 4) is 0 Å². The van der Waals surface area contributed by atoms with Crippen LogP contribution in [0.5, 0.6) is 0 Å². The van der Waals surface area contributed by atoms with Gasteiger partial charge in [-0.3, -0.25) is 0 Å². The van der Waals surface area contributed by atoms with E-state index in [1.807, 2.05) is 6.07 Å². The summed E-state index contributed by atoms with van der Waals surface area (Å²) >= 11 is 0. The number of esters is 1. The van der Waals surface area contributed by atoms with Gasteiger partial charge in [0.1, 0.15) is 5.69 Å². The molecule has 1 saturated carbocycles. The molecule has 2 rings (SSSR count). The Morgan fingerprint density at radius 2 is 1.95 bits per heavy atom. The Kier molecular flexibility index (Phi) is 5.19. The third-order valence-electron chi connectivity index (χ3n) is 3.63. The van der Waals surface area contributed by atoms with Crippen molar-refractivity contribution in [1.82, 2.24) is 4.98 Å². The number of aromatic nitrogens is 1. The van der Waals surface area contributed by atoms with Crippen LogP contribution in [0.3, 0.4) is 0 Å². The van der Waals surface area contributed by atoms with Gasteiger partial charge in [-0.25, -0.2) is 9.78 Å². The quantitative estimate of drug-likeness (QED) is 0.848. The highest BCUT2D eigenvalue weighted by Gasteiger charge is 2.13. The summed E-state index contributed by atoms with van der Waals surface area (Å²) < 4.78 is 4.69. The molecule has 0 unspecified atom stereocenters. The van der Waals surface area contributed by atoms with Crippen LogP contribution < -0.4 is 5.32 Å². The van der Waals surface area contributed by atoms with Crippen molar-refractivity contribution in [1.29, 1.82) is 0 Å². The fourth-order valence-electron chi connectivity index (χ4n) is 2.57.